The van der Waals surface area contributed by atoms with Crippen molar-refractivity contribution in [2.24, 2.45) is 11.1 Å². The number of nitrogens with two attached hydrogens (primary N) is 1. The van der Waals surface area contributed by atoms with Gasteiger partial charge in [0.05, 0.1) is 19.8 Å². The van der Waals surface area contributed by atoms with Gasteiger partial charge in [0.2, 0.25) is 0 Å². The van der Waals surface area contributed by atoms with Crippen molar-refractivity contribution in [2.45, 2.75) is 13.0 Å². The first kappa shape index (κ1) is 12.9. The molecule has 5 heteroatoms. The quantitative estimate of drug-likeness (QED) is 0.821. The molecule has 1 fully saturated rings. The fraction of sp³-hybridized carbons (Fsp3) is 0.462. The highest BCUT2D eigenvalue weighted by Gasteiger charge is 2.34. The molecule has 0 spiro atoms. The predicted molar refractivity (Wildman–Crippen MR) is 65.4 cm³/mol. The van der Waals surface area contributed by atoms with Crippen LogP contribution in [-0.4, -0.2) is 30.9 Å². The van der Waals surface area contributed by atoms with Crippen molar-refractivity contribution < 1.29 is 19.4 Å². The minimum atomic E-state index is -1.04. The van der Waals surface area contributed by atoms with E-state index >= 15 is 0 Å². The molecule has 1 aromatic carbocycles. The summed E-state index contributed by atoms with van der Waals surface area (Å²) in [4.78, 5) is 10.7. The Bertz CT molecular complexity index is 425. The van der Waals surface area contributed by atoms with Crippen LogP contribution in [0.2, 0.25) is 0 Å². The van der Waals surface area contributed by atoms with Crippen LogP contribution in [0.4, 0.5) is 0 Å². The van der Waals surface area contributed by atoms with Gasteiger partial charge in [-0.3, -0.25) is 4.79 Å². The molecule has 0 aromatic heterocycles. The van der Waals surface area contributed by atoms with Crippen LogP contribution in [0, 0.1) is 5.41 Å². The maximum Gasteiger partial charge on any atom is 0.325 e. The van der Waals surface area contributed by atoms with E-state index in [9.17, 15) is 4.79 Å². The molecule has 2 rings (SSSR count). The maximum atomic E-state index is 10.7. The van der Waals surface area contributed by atoms with E-state index in [2.05, 4.69) is 6.92 Å². The molecule has 1 aliphatic heterocycles. The second-order valence-corrected chi connectivity index (χ2v) is 4.98. The number of hydrogen-bond acceptors (Lipinski definition) is 4. The summed E-state index contributed by atoms with van der Waals surface area (Å²) in [7, 11) is 0. The van der Waals surface area contributed by atoms with Crippen molar-refractivity contribution >= 4 is 5.97 Å². The Morgan fingerprint density at radius 3 is 2.56 bits per heavy atom. The van der Waals surface area contributed by atoms with Crippen LogP contribution in [0.3, 0.4) is 0 Å². The molecule has 1 atom stereocenters. The molecule has 3 N–H and O–H groups in total. The summed E-state index contributed by atoms with van der Waals surface area (Å²) in [6.07, 6.45) is 0. The third-order valence-electron chi connectivity index (χ3n) is 2.99. The van der Waals surface area contributed by atoms with Crippen molar-refractivity contribution in [3.63, 3.8) is 0 Å². The SMILES string of the molecule is CC1(COc2ccc(C(N)C(=O)O)cc2)COC1. The number of hydrogen-bond donors (Lipinski definition) is 2. The zero-order valence-corrected chi connectivity index (χ0v) is 10.3. The van der Waals surface area contributed by atoms with Crippen LogP contribution in [0.1, 0.15) is 18.5 Å². The monoisotopic (exact) mass is 251 g/mol. The van der Waals surface area contributed by atoms with Gasteiger partial charge in [0.25, 0.3) is 0 Å². The predicted octanol–water partition coefficient (Wildman–Crippen LogP) is 1.19. The second kappa shape index (κ2) is 4.96. The molecule has 98 valence electrons. The molecule has 0 bridgehead atoms. The highest BCUT2D eigenvalue weighted by Crippen LogP contribution is 2.27. The van der Waals surface area contributed by atoms with Crippen molar-refractivity contribution in [1.29, 1.82) is 0 Å². The van der Waals surface area contributed by atoms with Gasteiger partial charge >= 0.3 is 5.97 Å². The first-order valence-corrected chi connectivity index (χ1v) is 5.79. The highest BCUT2D eigenvalue weighted by atomic mass is 16.5. The van der Waals surface area contributed by atoms with E-state index in [4.69, 9.17) is 20.3 Å². The summed E-state index contributed by atoms with van der Waals surface area (Å²) in [6, 6.07) is 5.83. The highest BCUT2D eigenvalue weighted by molar-refractivity contribution is 5.75. The Hall–Kier alpha value is -1.59. The Morgan fingerprint density at radius 2 is 2.11 bits per heavy atom. The summed E-state index contributed by atoms with van der Waals surface area (Å²) in [5, 5.41) is 8.78. The number of aliphatic carboxylic acids is 1. The van der Waals surface area contributed by atoms with Gasteiger partial charge < -0.3 is 20.3 Å². The van der Waals surface area contributed by atoms with Crippen LogP contribution < -0.4 is 10.5 Å². The van der Waals surface area contributed by atoms with E-state index in [1.807, 2.05) is 0 Å². The molecule has 0 aliphatic carbocycles. The molecule has 1 aliphatic rings. The largest absolute Gasteiger partial charge is 0.493 e. The third-order valence-corrected chi connectivity index (χ3v) is 2.99. The van der Waals surface area contributed by atoms with E-state index in [0.717, 1.165) is 13.2 Å². The van der Waals surface area contributed by atoms with E-state index in [-0.39, 0.29) is 5.41 Å². The lowest BCUT2D eigenvalue weighted by Gasteiger charge is -2.37. The van der Waals surface area contributed by atoms with Crippen molar-refractivity contribution in [1.82, 2.24) is 0 Å². The molecular formula is C13H17NO4. The molecular weight excluding hydrogens is 234 g/mol. The van der Waals surface area contributed by atoms with Crippen molar-refractivity contribution in [2.75, 3.05) is 19.8 Å². The maximum absolute atomic E-state index is 10.7. The Labute approximate surface area is 106 Å². The lowest BCUT2D eigenvalue weighted by Crippen LogP contribution is -2.44. The number of carbonyl (C=O) groups is 1. The third kappa shape index (κ3) is 2.80. The Balaban J connectivity index is 1.93. The normalized spacial score (nSPS) is 18.8. The summed E-state index contributed by atoms with van der Waals surface area (Å²) in [5.74, 6) is -0.327. The molecule has 0 saturated carbocycles. The van der Waals surface area contributed by atoms with Gasteiger partial charge in [0, 0.05) is 5.41 Å². The smallest absolute Gasteiger partial charge is 0.325 e. The van der Waals surface area contributed by atoms with Crippen LogP contribution in [0.25, 0.3) is 0 Å². The molecule has 1 saturated heterocycles. The van der Waals surface area contributed by atoms with Crippen LogP contribution in [0.5, 0.6) is 5.75 Å². The van der Waals surface area contributed by atoms with Gasteiger partial charge in [0.15, 0.2) is 0 Å². The van der Waals surface area contributed by atoms with E-state index in [1.165, 1.54) is 0 Å². The van der Waals surface area contributed by atoms with Crippen LogP contribution >= 0.6 is 0 Å². The molecule has 5 nitrogen and oxygen atoms in total. The summed E-state index contributed by atoms with van der Waals surface area (Å²) in [5.41, 5.74) is 6.16. The van der Waals surface area contributed by atoms with Gasteiger partial charge in [-0.15, -0.1) is 0 Å². The molecule has 0 radical (unpaired) electrons. The lowest BCUT2D eigenvalue weighted by molar-refractivity contribution is -0.138. The van der Waals surface area contributed by atoms with Gasteiger partial charge in [-0.05, 0) is 17.7 Å². The van der Waals surface area contributed by atoms with E-state index in [0.29, 0.717) is 17.9 Å². The van der Waals surface area contributed by atoms with Gasteiger partial charge in [0.1, 0.15) is 11.8 Å². The Kier molecular flexibility index (Phi) is 3.54. The standard InChI is InChI=1S/C13H17NO4/c1-13(6-17-7-13)8-18-10-4-2-9(3-5-10)11(14)12(15)16/h2-5,11H,6-8,14H2,1H3,(H,15,16). The first-order chi connectivity index (χ1) is 8.50. The first-order valence-electron chi connectivity index (χ1n) is 5.79. The Morgan fingerprint density at radius 1 is 1.50 bits per heavy atom. The number of benzene rings is 1. The fourth-order valence-electron chi connectivity index (χ4n) is 1.71. The number of rotatable bonds is 5. The topological polar surface area (TPSA) is 81.8 Å². The lowest BCUT2D eigenvalue weighted by atomic mass is 9.90. The second-order valence-electron chi connectivity index (χ2n) is 4.98. The zero-order chi connectivity index (χ0) is 13.2. The van der Waals surface area contributed by atoms with Crippen LogP contribution in [0.15, 0.2) is 24.3 Å². The molecule has 0 amide bonds. The summed E-state index contributed by atoms with van der Waals surface area (Å²) >= 11 is 0. The molecule has 18 heavy (non-hydrogen) atoms. The minimum absolute atomic E-state index is 0.0934. The average Bonchev–Trinajstić information content (AvgIpc) is 2.33. The van der Waals surface area contributed by atoms with E-state index in [1.54, 1.807) is 24.3 Å². The molecule has 1 heterocycles. The van der Waals surface area contributed by atoms with E-state index < -0.39 is 12.0 Å². The van der Waals surface area contributed by atoms with Gasteiger partial charge in [-0.25, -0.2) is 0 Å². The van der Waals surface area contributed by atoms with Crippen LogP contribution in [-0.2, 0) is 9.53 Å². The molecule has 1 aromatic rings. The summed E-state index contributed by atoms with van der Waals surface area (Å²) < 4.78 is 10.8. The number of carboxylic acids is 1. The van der Waals surface area contributed by atoms with Gasteiger partial charge in [-0.2, -0.15) is 0 Å². The van der Waals surface area contributed by atoms with Crippen molar-refractivity contribution in [3.05, 3.63) is 29.8 Å². The number of carboxylic acid groups (broad SMARTS) is 1. The van der Waals surface area contributed by atoms with Gasteiger partial charge in [-0.1, -0.05) is 19.1 Å². The number of ether oxygens (including phenoxy) is 2. The minimum Gasteiger partial charge on any atom is -0.493 e. The zero-order valence-electron chi connectivity index (χ0n) is 10.3. The molecule has 1 unspecified atom stereocenters. The van der Waals surface area contributed by atoms with Crippen molar-refractivity contribution in [3.8, 4) is 5.75 Å². The average molecular weight is 251 g/mol. The fourth-order valence-corrected chi connectivity index (χ4v) is 1.71. The summed E-state index contributed by atoms with van der Waals surface area (Å²) in [6.45, 7) is 4.13.